The maximum absolute atomic E-state index is 12.1. The molecule has 2 heterocycles. The predicted molar refractivity (Wildman–Crippen MR) is 87.1 cm³/mol. The van der Waals surface area contributed by atoms with Crippen LogP contribution in [0.25, 0.3) is 5.76 Å². The molecule has 0 radical (unpaired) electrons. The fourth-order valence-corrected chi connectivity index (χ4v) is 2.84. The Labute approximate surface area is 141 Å². The van der Waals surface area contributed by atoms with Gasteiger partial charge in [-0.15, -0.1) is 0 Å². The lowest BCUT2D eigenvalue weighted by atomic mass is 10.2. The zero-order chi connectivity index (χ0) is 16.9. The van der Waals surface area contributed by atoms with E-state index in [9.17, 15) is 9.90 Å². The number of allylic oxidation sites excluding steroid dienone is 1. The number of furan rings is 1. The molecule has 0 saturated heterocycles. The summed E-state index contributed by atoms with van der Waals surface area (Å²) < 4.78 is 10.6. The number of benzene rings is 1. The summed E-state index contributed by atoms with van der Waals surface area (Å²) in [6.45, 7) is 0. The van der Waals surface area contributed by atoms with Crippen molar-refractivity contribution in [2.45, 2.75) is 9.79 Å². The number of methoxy groups -OCH3 is 1. The van der Waals surface area contributed by atoms with Crippen LogP contribution in [-0.4, -0.2) is 33.2 Å². The zero-order valence-corrected chi connectivity index (χ0v) is 13.4. The summed E-state index contributed by atoms with van der Waals surface area (Å²) in [5, 5.41) is 15.9. The smallest absolute Gasteiger partial charge is 0.224 e. The predicted octanol–water partition coefficient (Wildman–Crippen LogP) is 3.34. The van der Waals surface area contributed by atoms with Crippen LogP contribution in [0.1, 0.15) is 16.4 Å². The zero-order valence-electron chi connectivity index (χ0n) is 12.6. The van der Waals surface area contributed by atoms with Crippen LogP contribution in [0.15, 0.2) is 63.2 Å². The molecule has 8 heteroatoms. The number of rotatable bonds is 6. The summed E-state index contributed by atoms with van der Waals surface area (Å²) >= 11 is 1.41. The van der Waals surface area contributed by atoms with E-state index in [1.54, 1.807) is 13.2 Å². The van der Waals surface area contributed by atoms with E-state index in [1.165, 1.54) is 24.4 Å². The summed E-state index contributed by atoms with van der Waals surface area (Å²) in [7, 11) is 1.60. The molecule has 2 N–H and O–H groups in total. The maximum atomic E-state index is 12.1. The minimum atomic E-state index is -0.482. The standard InChI is InChI=1S/C16H13N3O4S/c1-22-13-4-2-3-5-15(13)24-10-6-14(23-8-10)11(20)7-12(21)16-17-9-18-19-16/h2-9,21H,1H3,(H,17,18,19). The number of carbonyl (C=O) groups excluding carboxylic acids is 1. The third-order valence-corrected chi connectivity index (χ3v) is 4.03. The lowest BCUT2D eigenvalue weighted by Crippen LogP contribution is -1.95. The first-order valence-corrected chi connectivity index (χ1v) is 7.69. The molecule has 0 spiro atoms. The highest BCUT2D eigenvalue weighted by atomic mass is 32.2. The topological polar surface area (TPSA) is 101 Å². The SMILES string of the molecule is COc1ccccc1Sc1coc(C(=O)C=C(O)c2nc[nH]n2)c1. The van der Waals surface area contributed by atoms with Crippen molar-refractivity contribution in [2.24, 2.45) is 0 Å². The number of hydrogen-bond donors (Lipinski definition) is 2. The first-order valence-electron chi connectivity index (χ1n) is 6.88. The molecule has 2 aromatic heterocycles. The van der Waals surface area contributed by atoms with Crippen molar-refractivity contribution in [1.82, 2.24) is 15.2 Å². The Morgan fingerprint density at radius 1 is 1.42 bits per heavy atom. The molecule has 3 aromatic rings. The summed E-state index contributed by atoms with van der Waals surface area (Å²) in [5.41, 5.74) is 0. The van der Waals surface area contributed by atoms with Crippen molar-refractivity contribution in [3.63, 3.8) is 0 Å². The van der Waals surface area contributed by atoms with Gasteiger partial charge in [0.2, 0.25) is 11.6 Å². The summed E-state index contributed by atoms with van der Waals surface area (Å²) in [5.74, 6) is 0.0625. The number of aromatic nitrogens is 3. The molecular formula is C16H13N3O4S. The second kappa shape index (κ2) is 7.05. The second-order valence-electron chi connectivity index (χ2n) is 4.62. The van der Waals surface area contributed by atoms with Crippen LogP contribution in [-0.2, 0) is 0 Å². The highest BCUT2D eigenvalue weighted by Gasteiger charge is 2.14. The Hall–Kier alpha value is -3.00. The van der Waals surface area contributed by atoms with Crippen molar-refractivity contribution < 1.29 is 19.1 Å². The van der Waals surface area contributed by atoms with Gasteiger partial charge in [0.25, 0.3) is 0 Å². The van der Waals surface area contributed by atoms with Gasteiger partial charge in [0.05, 0.1) is 16.9 Å². The highest BCUT2D eigenvalue weighted by Crippen LogP contribution is 2.35. The number of aromatic amines is 1. The molecule has 0 amide bonds. The number of aliphatic hydroxyl groups is 1. The summed E-state index contributed by atoms with van der Waals surface area (Å²) in [6, 6.07) is 9.14. The van der Waals surface area contributed by atoms with Crippen molar-refractivity contribution in [1.29, 1.82) is 0 Å². The van der Waals surface area contributed by atoms with E-state index in [0.717, 1.165) is 21.6 Å². The van der Waals surface area contributed by atoms with Crippen LogP contribution < -0.4 is 4.74 Å². The van der Waals surface area contributed by atoms with Crippen molar-refractivity contribution in [2.75, 3.05) is 7.11 Å². The first kappa shape index (κ1) is 15.9. The Morgan fingerprint density at radius 2 is 2.25 bits per heavy atom. The van der Waals surface area contributed by atoms with Gasteiger partial charge in [-0.2, -0.15) is 5.10 Å². The molecule has 1 aromatic carbocycles. The van der Waals surface area contributed by atoms with Crippen LogP contribution in [0.3, 0.4) is 0 Å². The van der Waals surface area contributed by atoms with Crippen LogP contribution >= 0.6 is 11.8 Å². The molecule has 0 saturated carbocycles. The fraction of sp³-hybridized carbons (Fsp3) is 0.0625. The van der Waals surface area contributed by atoms with Crippen LogP contribution in [0, 0.1) is 0 Å². The van der Waals surface area contributed by atoms with Crippen LogP contribution in [0.4, 0.5) is 0 Å². The second-order valence-corrected chi connectivity index (χ2v) is 5.73. The quantitative estimate of drug-likeness (QED) is 0.402. The minimum Gasteiger partial charge on any atom is -0.504 e. The summed E-state index contributed by atoms with van der Waals surface area (Å²) in [6.07, 6.45) is 3.79. The Kier molecular flexibility index (Phi) is 4.66. The molecule has 7 nitrogen and oxygen atoms in total. The largest absolute Gasteiger partial charge is 0.504 e. The Bertz CT molecular complexity index is 871. The fourth-order valence-electron chi connectivity index (χ4n) is 1.92. The van der Waals surface area contributed by atoms with Crippen molar-refractivity contribution >= 4 is 23.3 Å². The number of nitrogens with zero attached hydrogens (tertiary/aromatic N) is 2. The van der Waals surface area contributed by atoms with Gasteiger partial charge in [-0.05, 0) is 12.1 Å². The number of aliphatic hydroxyl groups excluding tert-OH is 1. The maximum Gasteiger partial charge on any atom is 0.224 e. The van der Waals surface area contributed by atoms with Crippen molar-refractivity contribution in [3.8, 4) is 5.75 Å². The number of para-hydroxylation sites is 1. The summed E-state index contributed by atoms with van der Waals surface area (Å²) in [4.78, 5) is 17.5. The van der Waals surface area contributed by atoms with Gasteiger partial charge >= 0.3 is 0 Å². The average Bonchev–Trinajstić information content (AvgIpc) is 3.27. The van der Waals surface area contributed by atoms with Crippen LogP contribution in [0.2, 0.25) is 0 Å². The van der Waals surface area contributed by atoms with Gasteiger partial charge in [-0.3, -0.25) is 9.89 Å². The molecule has 122 valence electrons. The molecule has 0 fully saturated rings. The normalized spacial score (nSPS) is 11.5. The van der Waals surface area contributed by atoms with Crippen molar-refractivity contribution in [3.05, 3.63) is 60.6 Å². The van der Waals surface area contributed by atoms with Crippen LogP contribution in [0.5, 0.6) is 5.75 Å². The highest BCUT2D eigenvalue weighted by molar-refractivity contribution is 7.99. The van der Waals surface area contributed by atoms with E-state index >= 15 is 0 Å². The van der Waals surface area contributed by atoms with E-state index < -0.39 is 5.78 Å². The Morgan fingerprint density at radius 3 is 3.00 bits per heavy atom. The molecule has 0 aliphatic heterocycles. The van der Waals surface area contributed by atoms with Gasteiger partial charge < -0.3 is 14.3 Å². The molecule has 0 atom stereocenters. The number of carbonyl (C=O) groups is 1. The van der Waals surface area contributed by atoms with E-state index in [1.807, 2.05) is 24.3 Å². The van der Waals surface area contributed by atoms with Gasteiger partial charge in [0.1, 0.15) is 18.3 Å². The molecule has 0 bridgehead atoms. The molecule has 0 aliphatic carbocycles. The van der Waals surface area contributed by atoms with E-state index in [-0.39, 0.29) is 17.3 Å². The van der Waals surface area contributed by atoms with Gasteiger partial charge in [0, 0.05) is 12.1 Å². The molecule has 3 rings (SSSR count). The van der Waals surface area contributed by atoms with Gasteiger partial charge in [0.15, 0.2) is 11.5 Å². The molecule has 0 aliphatic rings. The molecule has 0 unspecified atom stereocenters. The Balaban J connectivity index is 1.76. The minimum absolute atomic E-state index is 0.0403. The van der Waals surface area contributed by atoms with Gasteiger partial charge in [-0.1, -0.05) is 23.9 Å². The molecular weight excluding hydrogens is 330 g/mol. The monoisotopic (exact) mass is 343 g/mol. The number of ether oxygens (including phenoxy) is 1. The molecule has 24 heavy (non-hydrogen) atoms. The van der Waals surface area contributed by atoms with E-state index in [2.05, 4.69) is 15.2 Å². The number of ketones is 1. The lowest BCUT2D eigenvalue weighted by molar-refractivity contribution is 0.102. The first-order chi connectivity index (χ1) is 11.7. The number of hydrogen-bond acceptors (Lipinski definition) is 7. The number of H-pyrrole nitrogens is 1. The lowest BCUT2D eigenvalue weighted by Gasteiger charge is -2.05. The number of nitrogens with one attached hydrogen (secondary N) is 1. The van der Waals surface area contributed by atoms with E-state index in [4.69, 9.17) is 9.15 Å². The van der Waals surface area contributed by atoms with E-state index in [0.29, 0.717) is 0 Å². The van der Waals surface area contributed by atoms with Gasteiger partial charge in [-0.25, -0.2) is 4.98 Å². The third-order valence-electron chi connectivity index (χ3n) is 3.03. The average molecular weight is 343 g/mol. The third kappa shape index (κ3) is 3.49.